The van der Waals surface area contributed by atoms with Crippen LogP contribution in [0.1, 0.15) is 39.2 Å². The third-order valence-electron chi connectivity index (χ3n) is 4.56. The predicted octanol–water partition coefficient (Wildman–Crippen LogP) is 0.427. The summed E-state index contributed by atoms with van der Waals surface area (Å²) in [5.41, 5.74) is 4.40. The molecule has 0 N–H and O–H groups in total. The van der Waals surface area contributed by atoms with Gasteiger partial charge >= 0.3 is 29.6 Å². The van der Waals surface area contributed by atoms with Crippen LogP contribution in [0, 0.1) is 6.92 Å². The summed E-state index contributed by atoms with van der Waals surface area (Å²) in [5, 5.41) is 10.6. The molecule has 0 bridgehead atoms. The predicted molar refractivity (Wildman–Crippen MR) is 108 cm³/mol. The maximum absolute atomic E-state index is 12.7. The van der Waals surface area contributed by atoms with Gasteiger partial charge in [0.2, 0.25) is 5.78 Å². The summed E-state index contributed by atoms with van der Waals surface area (Å²) in [6.45, 7) is 2.57. The van der Waals surface area contributed by atoms with Gasteiger partial charge in [-0.05, 0) is 43.0 Å². The minimum Gasteiger partial charge on any atom is -0.550 e. The molecule has 4 nitrogen and oxygen atoms in total. The van der Waals surface area contributed by atoms with Gasteiger partial charge in [0.15, 0.2) is 0 Å². The number of allylic oxidation sites excluding steroid dienone is 1. The van der Waals surface area contributed by atoms with Crippen molar-refractivity contribution < 1.29 is 44.3 Å². The van der Waals surface area contributed by atoms with Crippen LogP contribution < -0.4 is 34.7 Å². The summed E-state index contributed by atoms with van der Waals surface area (Å²) >= 11 is 0. The molecule has 29 heavy (non-hydrogen) atoms. The zero-order chi connectivity index (χ0) is 19.9. The monoisotopic (exact) mass is 395 g/mol. The number of nitrogens with zero attached hydrogens (tertiary/aromatic N) is 1. The minimum absolute atomic E-state index is 0. The van der Waals surface area contributed by atoms with Crippen LogP contribution in [0.2, 0.25) is 0 Å². The fourth-order valence-corrected chi connectivity index (χ4v) is 3.03. The van der Waals surface area contributed by atoms with Gasteiger partial charge in [0, 0.05) is 24.3 Å². The second-order valence-corrected chi connectivity index (χ2v) is 6.76. The topological polar surface area (TPSA) is 62.1 Å². The number of carboxylic acid groups (broad SMARTS) is 1. The molecule has 0 unspecified atom stereocenters. The van der Waals surface area contributed by atoms with Crippen LogP contribution in [-0.2, 0) is 17.8 Å². The summed E-state index contributed by atoms with van der Waals surface area (Å²) in [4.78, 5) is 23.4. The van der Waals surface area contributed by atoms with Crippen LogP contribution in [0.25, 0.3) is 6.08 Å². The van der Waals surface area contributed by atoms with Crippen molar-refractivity contribution in [1.82, 2.24) is 4.57 Å². The van der Waals surface area contributed by atoms with Crippen LogP contribution in [0.3, 0.4) is 0 Å². The molecule has 0 aliphatic carbocycles. The molecule has 5 heteroatoms. The summed E-state index contributed by atoms with van der Waals surface area (Å²) in [7, 11) is 0. The number of benzene rings is 2. The third kappa shape index (κ3) is 6.57. The Bertz CT molecular complexity index is 1000. The van der Waals surface area contributed by atoms with Crippen molar-refractivity contribution in [2.45, 2.75) is 26.3 Å². The van der Waals surface area contributed by atoms with E-state index in [0.717, 1.165) is 16.7 Å². The van der Waals surface area contributed by atoms with Gasteiger partial charge < -0.3 is 14.5 Å². The summed E-state index contributed by atoms with van der Waals surface area (Å²) < 4.78 is 1.92. The normalized spacial score (nSPS) is 10.7. The number of hydrogen-bond acceptors (Lipinski definition) is 3. The van der Waals surface area contributed by atoms with Crippen molar-refractivity contribution in [2.75, 3.05) is 0 Å². The molecule has 0 spiro atoms. The van der Waals surface area contributed by atoms with Crippen molar-refractivity contribution in [2.24, 2.45) is 0 Å². The molecule has 1 heterocycles. The van der Waals surface area contributed by atoms with E-state index in [4.69, 9.17) is 0 Å². The fraction of sp³-hybridized carbons (Fsp3) is 0.167. The molecule has 0 saturated heterocycles. The van der Waals surface area contributed by atoms with E-state index < -0.39 is 5.97 Å². The average Bonchev–Trinajstić information content (AvgIpc) is 3.15. The number of carbonyl (C=O) groups excluding carboxylic acids is 2. The molecule has 0 saturated carbocycles. The molecule has 142 valence electrons. The number of aromatic nitrogens is 1. The number of rotatable bonds is 8. The SMILES string of the molecule is Cc1ccc(C(=O)c2cccn2C/C=C/c2cccc(CCC(=O)[O-])c2)cc1.[Na+]. The summed E-state index contributed by atoms with van der Waals surface area (Å²) in [6.07, 6.45) is 6.33. The van der Waals surface area contributed by atoms with E-state index in [0.29, 0.717) is 24.2 Å². The van der Waals surface area contributed by atoms with Crippen LogP contribution in [0.15, 0.2) is 72.9 Å². The molecule has 3 rings (SSSR count). The Hall–Kier alpha value is -2.40. The zero-order valence-electron chi connectivity index (χ0n) is 16.8. The fourth-order valence-electron chi connectivity index (χ4n) is 3.03. The molecule has 0 aliphatic rings. The number of aryl methyl sites for hydroxylation is 2. The number of aliphatic carboxylic acids is 1. The van der Waals surface area contributed by atoms with Crippen molar-refractivity contribution in [3.63, 3.8) is 0 Å². The molecular formula is C24H22NNaO3. The number of carboxylic acids is 1. The van der Waals surface area contributed by atoms with E-state index in [1.807, 2.05) is 90.5 Å². The summed E-state index contributed by atoms with van der Waals surface area (Å²) in [6, 6.07) is 19.0. The Morgan fingerprint density at radius 2 is 1.79 bits per heavy atom. The first kappa shape index (κ1) is 22.9. The van der Waals surface area contributed by atoms with Crippen molar-refractivity contribution in [3.8, 4) is 0 Å². The van der Waals surface area contributed by atoms with Gasteiger partial charge in [-0.1, -0.05) is 66.2 Å². The average molecular weight is 395 g/mol. The van der Waals surface area contributed by atoms with E-state index in [9.17, 15) is 14.7 Å². The van der Waals surface area contributed by atoms with E-state index in [1.54, 1.807) is 0 Å². The Morgan fingerprint density at radius 3 is 2.52 bits per heavy atom. The van der Waals surface area contributed by atoms with E-state index >= 15 is 0 Å². The first-order valence-corrected chi connectivity index (χ1v) is 9.25. The van der Waals surface area contributed by atoms with Gasteiger partial charge in [0.1, 0.15) is 0 Å². The quantitative estimate of drug-likeness (QED) is 0.411. The molecule has 0 atom stereocenters. The Labute approximate surface area is 193 Å². The van der Waals surface area contributed by atoms with E-state index in [2.05, 4.69) is 0 Å². The standard InChI is InChI=1S/C24H23NO3.Na/c1-18-9-12-21(13-10-18)24(28)22-8-4-16-25(22)15-3-7-19-5-2-6-20(17-19)11-14-23(26)27;/h2-10,12-13,16-17H,11,14-15H2,1H3,(H,26,27);/q;+1/p-1/b7-3+;. The molecule has 0 amide bonds. The maximum Gasteiger partial charge on any atom is 1.00 e. The van der Waals surface area contributed by atoms with E-state index in [1.165, 1.54) is 0 Å². The van der Waals surface area contributed by atoms with E-state index in [-0.39, 0.29) is 41.8 Å². The second-order valence-electron chi connectivity index (χ2n) is 6.76. The van der Waals surface area contributed by atoms with Crippen LogP contribution in [0.4, 0.5) is 0 Å². The van der Waals surface area contributed by atoms with Crippen LogP contribution in [-0.4, -0.2) is 16.3 Å². The smallest absolute Gasteiger partial charge is 0.550 e. The molecule has 0 fully saturated rings. The minimum atomic E-state index is -1.04. The van der Waals surface area contributed by atoms with Gasteiger partial charge in [0.25, 0.3) is 0 Å². The Balaban J connectivity index is 0.00000300. The molecule has 2 aromatic carbocycles. The first-order chi connectivity index (χ1) is 13.5. The molecule has 1 aromatic heterocycles. The largest absolute Gasteiger partial charge is 1.00 e. The first-order valence-electron chi connectivity index (χ1n) is 9.25. The summed E-state index contributed by atoms with van der Waals surface area (Å²) in [5.74, 6) is -1.04. The van der Waals surface area contributed by atoms with Gasteiger partial charge in [-0.3, -0.25) is 4.79 Å². The number of hydrogen-bond donors (Lipinski definition) is 0. The number of ketones is 1. The number of carbonyl (C=O) groups is 2. The molecule has 0 radical (unpaired) electrons. The van der Waals surface area contributed by atoms with Crippen molar-refractivity contribution >= 4 is 17.8 Å². The molecule has 0 aliphatic heterocycles. The Kier molecular flexibility index (Phi) is 8.65. The van der Waals surface area contributed by atoms with Gasteiger partial charge in [-0.2, -0.15) is 0 Å². The second kappa shape index (κ2) is 11.0. The third-order valence-corrected chi connectivity index (χ3v) is 4.56. The van der Waals surface area contributed by atoms with Crippen molar-refractivity contribution in [3.05, 3.63) is 101 Å². The maximum atomic E-state index is 12.7. The van der Waals surface area contributed by atoms with Gasteiger partial charge in [-0.25, -0.2) is 0 Å². The van der Waals surface area contributed by atoms with Crippen LogP contribution >= 0.6 is 0 Å². The molecular weight excluding hydrogens is 373 g/mol. The van der Waals surface area contributed by atoms with Gasteiger partial charge in [0.05, 0.1) is 5.69 Å². The van der Waals surface area contributed by atoms with Crippen LogP contribution in [0.5, 0.6) is 0 Å². The molecule has 3 aromatic rings. The van der Waals surface area contributed by atoms with Crippen molar-refractivity contribution in [1.29, 1.82) is 0 Å². The Morgan fingerprint density at radius 1 is 1.03 bits per heavy atom. The van der Waals surface area contributed by atoms with Gasteiger partial charge in [-0.15, -0.1) is 0 Å². The zero-order valence-corrected chi connectivity index (χ0v) is 18.8.